The van der Waals surface area contributed by atoms with Gasteiger partial charge in [0, 0.05) is 0 Å². The Hall–Kier alpha value is -0.650. The fraction of sp³-hybridized carbons (Fsp3) is 0.684. The van der Waals surface area contributed by atoms with Crippen molar-refractivity contribution in [3.63, 3.8) is 0 Å². The maximum atomic E-state index is 6.56. The molecule has 1 aromatic rings. The lowest BCUT2D eigenvalue weighted by Crippen LogP contribution is -2.31. The van der Waals surface area contributed by atoms with Gasteiger partial charge in [-0.25, -0.2) is 0 Å². The van der Waals surface area contributed by atoms with E-state index < -0.39 is 0 Å². The highest BCUT2D eigenvalue weighted by Crippen LogP contribution is 2.49. The van der Waals surface area contributed by atoms with Gasteiger partial charge < -0.3 is 0 Å². The number of rotatable bonds is 2. The van der Waals surface area contributed by atoms with E-state index in [9.17, 15) is 0 Å². The fourth-order valence-electron chi connectivity index (χ4n) is 4.16. The van der Waals surface area contributed by atoms with Crippen LogP contribution in [-0.2, 0) is 10.7 Å². The number of hydrogen-bond donors (Lipinski definition) is 0. The summed E-state index contributed by atoms with van der Waals surface area (Å²) in [5.41, 5.74) is 3.07. The molecule has 2 fully saturated rings. The SMILES string of the molecule is [B]C1(C)CCC(C)(c2ccc(C3([B])CCCC3)cc2)CC1. The van der Waals surface area contributed by atoms with E-state index in [0.717, 1.165) is 25.7 Å². The third-order valence-corrected chi connectivity index (χ3v) is 6.15. The van der Waals surface area contributed by atoms with Gasteiger partial charge in [-0.1, -0.05) is 87.5 Å². The molecule has 0 spiro atoms. The van der Waals surface area contributed by atoms with Crippen molar-refractivity contribution in [3.8, 4) is 0 Å². The predicted molar refractivity (Wildman–Crippen MR) is 92.3 cm³/mol. The van der Waals surface area contributed by atoms with Crippen molar-refractivity contribution in [2.75, 3.05) is 0 Å². The van der Waals surface area contributed by atoms with Crippen LogP contribution in [0.25, 0.3) is 0 Å². The summed E-state index contributed by atoms with van der Waals surface area (Å²) in [4.78, 5) is 0. The van der Waals surface area contributed by atoms with Crippen LogP contribution in [0.15, 0.2) is 24.3 Å². The van der Waals surface area contributed by atoms with Crippen LogP contribution in [0.2, 0.25) is 5.31 Å². The lowest BCUT2D eigenvalue weighted by molar-refractivity contribution is 0.272. The maximum absolute atomic E-state index is 6.56. The highest BCUT2D eigenvalue weighted by atomic mass is 14.4. The fourth-order valence-corrected chi connectivity index (χ4v) is 4.16. The van der Waals surface area contributed by atoms with E-state index in [2.05, 4.69) is 38.1 Å². The van der Waals surface area contributed by atoms with Gasteiger partial charge in [-0.3, -0.25) is 0 Å². The average Bonchev–Trinajstić information content (AvgIpc) is 2.91. The standard InChI is InChI=1S/C19H26B2/c1-17(11-13-18(2,20)14-12-17)15-5-7-16(8-6-15)19(21)9-3-4-10-19/h5-8H,3-4,9-14H2,1-2H3. The first kappa shape index (κ1) is 15.3. The minimum atomic E-state index is -0.0676. The average molecular weight is 276 g/mol. The van der Waals surface area contributed by atoms with Gasteiger partial charge in [0.25, 0.3) is 0 Å². The van der Waals surface area contributed by atoms with Crippen molar-refractivity contribution < 1.29 is 0 Å². The molecule has 0 aliphatic heterocycles. The Bertz CT molecular complexity index is 485. The highest BCUT2D eigenvalue weighted by molar-refractivity contribution is 6.16. The van der Waals surface area contributed by atoms with Crippen LogP contribution >= 0.6 is 0 Å². The Balaban J connectivity index is 1.78. The van der Waals surface area contributed by atoms with E-state index in [0.29, 0.717) is 0 Å². The molecule has 3 rings (SSSR count). The number of hydrogen-bond acceptors (Lipinski definition) is 0. The molecule has 0 atom stereocenters. The maximum Gasteiger partial charge on any atom is 0.0810 e. The zero-order valence-electron chi connectivity index (χ0n) is 13.6. The van der Waals surface area contributed by atoms with Crippen LogP contribution in [0.3, 0.4) is 0 Å². The molecular formula is C19H26B2. The molecule has 0 heterocycles. The summed E-state index contributed by atoms with van der Waals surface area (Å²) < 4.78 is 0. The van der Waals surface area contributed by atoms with Gasteiger partial charge in [-0.15, -0.1) is 0 Å². The summed E-state index contributed by atoms with van der Waals surface area (Å²) in [5, 5.41) is -0.0353. The van der Waals surface area contributed by atoms with E-state index in [-0.39, 0.29) is 16.0 Å². The first-order chi connectivity index (χ1) is 9.83. The second-order valence-electron chi connectivity index (χ2n) is 8.16. The van der Waals surface area contributed by atoms with Crippen LogP contribution in [0, 0.1) is 0 Å². The summed E-state index contributed by atoms with van der Waals surface area (Å²) in [7, 11) is 12.8. The van der Waals surface area contributed by atoms with Crippen molar-refractivity contribution in [2.24, 2.45) is 0 Å². The molecule has 2 heteroatoms. The third-order valence-electron chi connectivity index (χ3n) is 6.15. The quantitative estimate of drug-likeness (QED) is 0.680. The van der Waals surface area contributed by atoms with E-state index in [1.165, 1.54) is 36.8 Å². The van der Waals surface area contributed by atoms with Gasteiger partial charge >= 0.3 is 0 Å². The van der Waals surface area contributed by atoms with Gasteiger partial charge in [0.2, 0.25) is 0 Å². The normalized spacial score (nSPS) is 35.7. The van der Waals surface area contributed by atoms with Gasteiger partial charge in [-0.2, -0.15) is 0 Å². The number of benzene rings is 1. The molecule has 2 aliphatic rings. The molecule has 0 saturated heterocycles. The summed E-state index contributed by atoms with van der Waals surface area (Å²) in [6.45, 7) is 4.58. The van der Waals surface area contributed by atoms with Gasteiger partial charge in [0.15, 0.2) is 0 Å². The molecule has 2 aliphatic carbocycles. The predicted octanol–water partition coefficient (Wildman–Crippen LogP) is 4.80. The second-order valence-corrected chi connectivity index (χ2v) is 8.16. The zero-order chi connectivity index (χ0) is 15.1. The van der Waals surface area contributed by atoms with Crippen molar-refractivity contribution in [1.82, 2.24) is 0 Å². The van der Waals surface area contributed by atoms with E-state index >= 15 is 0 Å². The molecule has 2 saturated carbocycles. The van der Waals surface area contributed by atoms with Crippen LogP contribution < -0.4 is 0 Å². The Labute approximate surface area is 132 Å². The molecule has 0 amide bonds. The third kappa shape index (κ3) is 2.96. The molecule has 0 aromatic heterocycles. The van der Waals surface area contributed by atoms with Gasteiger partial charge in [0.05, 0.1) is 15.7 Å². The molecule has 0 unspecified atom stereocenters. The lowest BCUT2D eigenvalue weighted by atomic mass is 9.55. The van der Waals surface area contributed by atoms with Crippen molar-refractivity contribution >= 4 is 15.7 Å². The van der Waals surface area contributed by atoms with E-state index in [1.54, 1.807) is 0 Å². The Morgan fingerprint density at radius 3 is 1.71 bits per heavy atom. The van der Waals surface area contributed by atoms with E-state index in [4.69, 9.17) is 15.7 Å². The first-order valence-electron chi connectivity index (χ1n) is 8.52. The lowest BCUT2D eigenvalue weighted by Gasteiger charge is -2.42. The van der Waals surface area contributed by atoms with Crippen molar-refractivity contribution in [2.45, 2.75) is 81.3 Å². The van der Waals surface area contributed by atoms with E-state index in [1.807, 2.05) is 0 Å². The van der Waals surface area contributed by atoms with Crippen LogP contribution in [0.1, 0.15) is 76.3 Å². The van der Waals surface area contributed by atoms with Gasteiger partial charge in [-0.05, 0) is 29.1 Å². The Morgan fingerprint density at radius 1 is 0.714 bits per heavy atom. The summed E-state index contributed by atoms with van der Waals surface area (Å²) in [6.07, 6.45) is 9.42. The van der Waals surface area contributed by atoms with Gasteiger partial charge in [0.1, 0.15) is 0 Å². The summed E-state index contributed by atoms with van der Waals surface area (Å²) >= 11 is 0. The van der Waals surface area contributed by atoms with Crippen LogP contribution in [-0.4, -0.2) is 15.7 Å². The molecule has 1 aromatic carbocycles. The van der Waals surface area contributed by atoms with Crippen molar-refractivity contribution in [3.05, 3.63) is 35.4 Å². The largest absolute Gasteiger partial charge is 0.0810 e. The second kappa shape index (κ2) is 5.21. The molecular weight excluding hydrogens is 250 g/mol. The van der Waals surface area contributed by atoms with Crippen molar-refractivity contribution in [1.29, 1.82) is 0 Å². The first-order valence-corrected chi connectivity index (χ1v) is 8.52. The topological polar surface area (TPSA) is 0 Å². The zero-order valence-corrected chi connectivity index (χ0v) is 13.6. The molecule has 0 N–H and O–H groups in total. The molecule has 0 bridgehead atoms. The minimum absolute atomic E-state index is 0.0324. The Kier molecular flexibility index (Phi) is 3.79. The summed E-state index contributed by atoms with van der Waals surface area (Å²) in [5.74, 6) is 0. The monoisotopic (exact) mass is 276 g/mol. The molecule has 108 valence electrons. The minimum Gasteiger partial charge on any atom is -0.0688 e. The van der Waals surface area contributed by atoms with Crippen LogP contribution in [0.5, 0.6) is 0 Å². The highest BCUT2D eigenvalue weighted by Gasteiger charge is 2.36. The molecule has 4 radical (unpaired) electrons. The van der Waals surface area contributed by atoms with Crippen LogP contribution in [0.4, 0.5) is 0 Å². The summed E-state index contributed by atoms with van der Waals surface area (Å²) in [6, 6.07) is 9.20. The smallest absolute Gasteiger partial charge is 0.0688 e. The molecule has 21 heavy (non-hydrogen) atoms. The Morgan fingerprint density at radius 2 is 1.19 bits per heavy atom. The molecule has 0 nitrogen and oxygen atoms in total.